The van der Waals surface area contributed by atoms with Gasteiger partial charge in [0.2, 0.25) is 5.91 Å². The van der Waals surface area contributed by atoms with Crippen molar-refractivity contribution in [3.8, 4) is 0 Å². The van der Waals surface area contributed by atoms with Gasteiger partial charge in [0.15, 0.2) is 0 Å². The number of rotatable bonds is 6. The SMILES string of the molecule is CCCC(CN)CCC(=O)N1CCOCC1. The fraction of sp³-hybridized carbons (Fsp3) is 0.917. The van der Waals surface area contributed by atoms with Gasteiger partial charge in [-0.15, -0.1) is 0 Å². The molecule has 1 aliphatic heterocycles. The molecule has 4 nitrogen and oxygen atoms in total. The van der Waals surface area contributed by atoms with Crippen LogP contribution in [0.15, 0.2) is 0 Å². The number of nitrogens with two attached hydrogens (primary N) is 1. The Morgan fingerprint density at radius 1 is 1.38 bits per heavy atom. The van der Waals surface area contributed by atoms with Crippen LogP contribution in [0.3, 0.4) is 0 Å². The zero-order valence-electron chi connectivity index (χ0n) is 10.3. The van der Waals surface area contributed by atoms with Gasteiger partial charge in [0.25, 0.3) is 0 Å². The molecule has 0 aromatic heterocycles. The average Bonchev–Trinajstić information content (AvgIpc) is 2.35. The number of hydrogen-bond acceptors (Lipinski definition) is 3. The van der Waals surface area contributed by atoms with Gasteiger partial charge < -0.3 is 15.4 Å². The van der Waals surface area contributed by atoms with Crippen molar-refractivity contribution in [2.24, 2.45) is 11.7 Å². The highest BCUT2D eigenvalue weighted by Gasteiger charge is 2.17. The third-order valence-corrected chi connectivity index (χ3v) is 3.16. The third kappa shape index (κ3) is 4.49. The van der Waals surface area contributed by atoms with E-state index in [-0.39, 0.29) is 5.91 Å². The van der Waals surface area contributed by atoms with Crippen LogP contribution in [0, 0.1) is 5.92 Å². The minimum atomic E-state index is 0.262. The van der Waals surface area contributed by atoms with Crippen LogP contribution in [0.2, 0.25) is 0 Å². The van der Waals surface area contributed by atoms with Gasteiger partial charge in [-0.25, -0.2) is 0 Å². The topological polar surface area (TPSA) is 55.6 Å². The van der Waals surface area contributed by atoms with Gasteiger partial charge in [-0.1, -0.05) is 13.3 Å². The summed E-state index contributed by atoms with van der Waals surface area (Å²) in [6, 6.07) is 0. The van der Waals surface area contributed by atoms with Gasteiger partial charge in [-0.05, 0) is 25.3 Å². The zero-order chi connectivity index (χ0) is 11.8. The van der Waals surface area contributed by atoms with Crippen molar-refractivity contribution in [1.82, 2.24) is 4.90 Å². The minimum absolute atomic E-state index is 0.262. The molecule has 0 aliphatic carbocycles. The Bertz CT molecular complexity index is 203. The Kier molecular flexibility index (Phi) is 6.42. The quantitative estimate of drug-likeness (QED) is 0.738. The molecule has 0 aromatic rings. The first kappa shape index (κ1) is 13.5. The molecule has 0 bridgehead atoms. The van der Waals surface area contributed by atoms with Crippen LogP contribution < -0.4 is 5.73 Å². The first-order chi connectivity index (χ1) is 7.77. The van der Waals surface area contributed by atoms with Crippen LogP contribution in [0.4, 0.5) is 0 Å². The molecule has 1 fully saturated rings. The summed E-state index contributed by atoms with van der Waals surface area (Å²) in [5.41, 5.74) is 5.68. The third-order valence-electron chi connectivity index (χ3n) is 3.16. The Morgan fingerprint density at radius 3 is 2.62 bits per heavy atom. The molecule has 0 radical (unpaired) electrons. The van der Waals surface area contributed by atoms with Crippen molar-refractivity contribution >= 4 is 5.91 Å². The number of carbonyl (C=O) groups excluding carboxylic acids is 1. The van der Waals surface area contributed by atoms with Gasteiger partial charge in [0.1, 0.15) is 0 Å². The number of amides is 1. The molecule has 94 valence electrons. The lowest BCUT2D eigenvalue weighted by Gasteiger charge is -2.27. The first-order valence-corrected chi connectivity index (χ1v) is 6.33. The van der Waals surface area contributed by atoms with Crippen molar-refractivity contribution in [3.63, 3.8) is 0 Å². The normalized spacial score (nSPS) is 18.5. The molecule has 1 aliphatic rings. The maximum Gasteiger partial charge on any atom is 0.222 e. The van der Waals surface area contributed by atoms with E-state index in [9.17, 15) is 4.79 Å². The van der Waals surface area contributed by atoms with Crippen LogP contribution in [0.5, 0.6) is 0 Å². The molecule has 1 amide bonds. The Balaban J connectivity index is 2.22. The summed E-state index contributed by atoms with van der Waals surface area (Å²) in [6.07, 6.45) is 3.85. The lowest BCUT2D eigenvalue weighted by molar-refractivity contribution is -0.135. The highest BCUT2D eigenvalue weighted by atomic mass is 16.5. The van der Waals surface area contributed by atoms with Crippen LogP contribution in [0.25, 0.3) is 0 Å². The number of carbonyl (C=O) groups is 1. The molecule has 1 saturated heterocycles. The highest BCUT2D eigenvalue weighted by molar-refractivity contribution is 5.76. The molecule has 1 heterocycles. The van der Waals surface area contributed by atoms with E-state index in [0.29, 0.717) is 32.1 Å². The van der Waals surface area contributed by atoms with Crippen molar-refractivity contribution in [3.05, 3.63) is 0 Å². The van der Waals surface area contributed by atoms with E-state index in [4.69, 9.17) is 10.5 Å². The molecular weight excluding hydrogens is 204 g/mol. The first-order valence-electron chi connectivity index (χ1n) is 6.33. The molecule has 0 spiro atoms. The van der Waals surface area contributed by atoms with E-state index in [2.05, 4.69) is 6.92 Å². The average molecular weight is 228 g/mol. The number of hydrogen-bond donors (Lipinski definition) is 1. The fourth-order valence-corrected chi connectivity index (χ4v) is 2.09. The van der Waals surface area contributed by atoms with E-state index in [1.54, 1.807) is 0 Å². The molecule has 1 rings (SSSR count). The monoisotopic (exact) mass is 228 g/mol. The molecule has 2 N–H and O–H groups in total. The summed E-state index contributed by atoms with van der Waals surface area (Å²) in [6.45, 7) is 5.72. The second-order valence-corrected chi connectivity index (χ2v) is 4.42. The number of ether oxygens (including phenoxy) is 1. The standard InChI is InChI=1S/C12H24N2O2/c1-2-3-11(10-13)4-5-12(15)14-6-8-16-9-7-14/h11H,2-10,13H2,1H3. The largest absolute Gasteiger partial charge is 0.378 e. The van der Waals surface area contributed by atoms with Crippen LogP contribution in [0.1, 0.15) is 32.6 Å². The number of morpholine rings is 1. The lowest BCUT2D eigenvalue weighted by atomic mass is 9.98. The van der Waals surface area contributed by atoms with E-state index >= 15 is 0 Å². The Morgan fingerprint density at radius 2 is 2.06 bits per heavy atom. The Labute approximate surface area is 98.1 Å². The summed E-state index contributed by atoms with van der Waals surface area (Å²) in [7, 11) is 0. The van der Waals surface area contributed by atoms with Crippen LogP contribution >= 0.6 is 0 Å². The van der Waals surface area contributed by atoms with E-state index in [1.165, 1.54) is 0 Å². The molecule has 0 saturated carbocycles. The second-order valence-electron chi connectivity index (χ2n) is 4.42. The van der Waals surface area contributed by atoms with Crippen molar-refractivity contribution in [2.75, 3.05) is 32.8 Å². The molecular formula is C12H24N2O2. The highest BCUT2D eigenvalue weighted by Crippen LogP contribution is 2.13. The summed E-state index contributed by atoms with van der Waals surface area (Å²) in [4.78, 5) is 13.8. The van der Waals surface area contributed by atoms with Gasteiger partial charge in [0, 0.05) is 19.5 Å². The van der Waals surface area contributed by atoms with Gasteiger partial charge in [-0.3, -0.25) is 4.79 Å². The van der Waals surface area contributed by atoms with Crippen LogP contribution in [-0.2, 0) is 9.53 Å². The summed E-state index contributed by atoms with van der Waals surface area (Å²) >= 11 is 0. The van der Waals surface area contributed by atoms with E-state index < -0.39 is 0 Å². The lowest BCUT2D eigenvalue weighted by Crippen LogP contribution is -2.40. The van der Waals surface area contributed by atoms with Crippen molar-refractivity contribution in [1.29, 1.82) is 0 Å². The maximum absolute atomic E-state index is 11.9. The minimum Gasteiger partial charge on any atom is -0.378 e. The molecule has 1 atom stereocenters. The predicted octanol–water partition coefficient (Wildman–Crippen LogP) is 1.00. The molecule has 0 aromatic carbocycles. The van der Waals surface area contributed by atoms with Gasteiger partial charge in [0.05, 0.1) is 13.2 Å². The molecule has 16 heavy (non-hydrogen) atoms. The van der Waals surface area contributed by atoms with Crippen LogP contribution in [-0.4, -0.2) is 43.7 Å². The fourth-order valence-electron chi connectivity index (χ4n) is 2.09. The van der Waals surface area contributed by atoms with Gasteiger partial charge in [-0.2, -0.15) is 0 Å². The molecule has 1 unspecified atom stereocenters. The predicted molar refractivity (Wildman–Crippen MR) is 64.1 cm³/mol. The summed E-state index contributed by atoms with van der Waals surface area (Å²) in [5, 5.41) is 0. The second kappa shape index (κ2) is 7.63. The van der Waals surface area contributed by atoms with E-state index in [0.717, 1.165) is 32.4 Å². The van der Waals surface area contributed by atoms with Gasteiger partial charge >= 0.3 is 0 Å². The molecule has 4 heteroatoms. The van der Waals surface area contributed by atoms with Crippen molar-refractivity contribution < 1.29 is 9.53 Å². The van der Waals surface area contributed by atoms with E-state index in [1.807, 2.05) is 4.90 Å². The summed E-state index contributed by atoms with van der Waals surface area (Å²) in [5.74, 6) is 0.771. The van der Waals surface area contributed by atoms with Crippen molar-refractivity contribution in [2.45, 2.75) is 32.6 Å². The summed E-state index contributed by atoms with van der Waals surface area (Å²) < 4.78 is 5.22. The zero-order valence-corrected chi connectivity index (χ0v) is 10.3. The number of nitrogens with zero attached hydrogens (tertiary/aromatic N) is 1. The Hall–Kier alpha value is -0.610. The maximum atomic E-state index is 11.9. The smallest absolute Gasteiger partial charge is 0.222 e.